The van der Waals surface area contributed by atoms with E-state index in [4.69, 9.17) is 30.5 Å². The van der Waals surface area contributed by atoms with Gasteiger partial charge in [0.15, 0.2) is 0 Å². The van der Waals surface area contributed by atoms with Crippen LogP contribution in [0, 0.1) is 6.92 Å². The Hall–Kier alpha value is -5.42. The summed E-state index contributed by atoms with van der Waals surface area (Å²) in [5, 5.41) is 14.9. The van der Waals surface area contributed by atoms with Crippen LogP contribution in [0.2, 0.25) is 5.02 Å². The second-order valence-corrected chi connectivity index (χ2v) is 15.7. The molecule has 60 heavy (non-hydrogen) atoms. The molecule has 0 bridgehead atoms. The summed E-state index contributed by atoms with van der Waals surface area (Å²) in [4.78, 5) is 28.9. The molecule has 6 aromatic rings. The van der Waals surface area contributed by atoms with Crippen LogP contribution in [-0.2, 0) is 29.1 Å². The number of benzene rings is 3. The zero-order chi connectivity index (χ0) is 42.4. The van der Waals surface area contributed by atoms with Crippen molar-refractivity contribution in [2.45, 2.75) is 45.7 Å². The van der Waals surface area contributed by atoms with E-state index in [1.54, 1.807) is 55.5 Å². The first-order valence-corrected chi connectivity index (χ1v) is 20.6. The lowest BCUT2D eigenvalue weighted by atomic mass is 9.96. The van der Waals surface area contributed by atoms with Gasteiger partial charge in [0.25, 0.3) is 0 Å². The van der Waals surface area contributed by atoms with E-state index in [2.05, 4.69) is 31.9 Å². The molecule has 0 saturated carbocycles. The number of nitrogens with zero attached hydrogens (tertiary/aromatic N) is 6. The number of likely N-dealkylation sites (N-methyl/N-ethyl adjacent to an activating group) is 1. The molecule has 7 rings (SSSR count). The van der Waals surface area contributed by atoms with Gasteiger partial charge in [-0.25, -0.2) is 14.8 Å². The van der Waals surface area contributed by atoms with E-state index in [0.29, 0.717) is 44.5 Å². The zero-order valence-electron chi connectivity index (χ0n) is 33.2. The first-order valence-electron chi connectivity index (χ1n) is 19.4. The maximum absolute atomic E-state index is 13.7. The number of ether oxygens (including phenoxy) is 4. The number of phenols is 1. The monoisotopic (exact) mass is 864 g/mol. The van der Waals surface area contributed by atoms with Crippen LogP contribution in [0.1, 0.15) is 23.7 Å². The van der Waals surface area contributed by atoms with Crippen LogP contribution in [0.25, 0.3) is 31.8 Å². The molecule has 1 atom stereocenters. The average Bonchev–Trinajstić information content (AvgIpc) is 3.83. The fourth-order valence-corrected chi connectivity index (χ4v) is 8.34. The third-order valence-corrected chi connectivity index (χ3v) is 11.8. The van der Waals surface area contributed by atoms with E-state index >= 15 is 0 Å². The zero-order valence-corrected chi connectivity index (χ0v) is 34.8. The number of rotatable bonds is 16. The number of aromatic hydroxyl groups is 1. The Morgan fingerprint density at radius 3 is 2.50 bits per heavy atom. The van der Waals surface area contributed by atoms with Crippen molar-refractivity contribution in [3.63, 3.8) is 0 Å². The molecule has 0 unspecified atom stereocenters. The third kappa shape index (κ3) is 10.1. The number of para-hydroxylation sites is 1. The minimum Gasteiger partial charge on any atom is -0.508 e. The maximum atomic E-state index is 13.7. The van der Waals surface area contributed by atoms with Gasteiger partial charge in [-0.15, -0.1) is 11.3 Å². The molecular formula is C43H44ClF3N6O6S. The van der Waals surface area contributed by atoms with E-state index in [9.17, 15) is 23.1 Å². The number of aromatic nitrogens is 4. The molecule has 12 nitrogen and oxygen atoms in total. The highest BCUT2D eigenvalue weighted by molar-refractivity contribution is 7.22. The minimum absolute atomic E-state index is 0.0301. The summed E-state index contributed by atoms with van der Waals surface area (Å²) in [7, 11) is 2.12. The number of alkyl halides is 3. The normalized spacial score (nSPS) is 14.3. The molecule has 4 heterocycles. The lowest BCUT2D eigenvalue weighted by molar-refractivity contribution is -0.151. The van der Waals surface area contributed by atoms with Crippen molar-refractivity contribution in [1.29, 1.82) is 0 Å². The van der Waals surface area contributed by atoms with Gasteiger partial charge in [-0.1, -0.05) is 35.9 Å². The SMILES string of the molecule is CCOC(=O)[C@@H](Cc1ccccc1OCc1ccnn1CC(F)(F)F)Oc1ncnc2sc(-c3ccc(O)cc3)c(-c3ccc(OCCN4CCN(C)CC4)c(Cl)c3C)c12. The Bertz CT molecular complexity index is 2420. The number of carbonyl (C=O) groups excluding carboxylic acids is 1. The number of fused-ring (bicyclic) bond motifs is 1. The molecule has 17 heteroatoms. The summed E-state index contributed by atoms with van der Waals surface area (Å²) >= 11 is 8.45. The maximum Gasteiger partial charge on any atom is 0.408 e. The highest BCUT2D eigenvalue weighted by Gasteiger charge is 2.31. The van der Waals surface area contributed by atoms with Crippen molar-refractivity contribution in [2.24, 2.45) is 0 Å². The second kappa shape index (κ2) is 18.9. The summed E-state index contributed by atoms with van der Waals surface area (Å²) in [5.74, 6) is 0.460. The van der Waals surface area contributed by atoms with Gasteiger partial charge < -0.3 is 29.0 Å². The van der Waals surface area contributed by atoms with Crippen molar-refractivity contribution in [3.8, 4) is 44.7 Å². The standard InChI is InChI=1S/C43H44ClF3N6O6S/c1-4-56-42(55)35(23-29-7-5-6-8-33(29)58-24-30-15-16-50-53(30)25-43(45,46)47)59-40-37-36(39(60-41(37)49-26-48-40)28-9-11-31(54)12-10-28)32-13-14-34(38(44)27(32)2)57-22-21-52-19-17-51(3)18-20-52/h5-16,26,35,54H,4,17-25H2,1-3H3/t35-/m1/s1. The van der Waals surface area contributed by atoms with Gasteiger partial charge in [0, 0.05) is 55.8 Å². The molecule has 3 aromatic carbocycles. The van der Waals surface area contributed by atoms with Crippen LogP contribution in [0.15, 0.2) is 79.3 Å². The molecule has 1 aliphatic heterocycles. The largest absolute Gasteiger partial charge is 0.508 e. The predicted molar refractivity (Wildman–Crippen MR) is 223 cm³/mol. The van der Waals surface area contributed by atoms with Gasteiger partial charge in [0.05, 0.1) is 22.7 Å². The smallest absolute Gasteiger partial charge is 0.408 e. The van der Waals surface area contributed by atoms with E-state index in [0.717, 1.165) is 59.0 Å². The van der Waals surface area contributed by atoms with E-state index in [1.165, 1.54) is 29.9 Å². The number of halogens is 4. The van der Waals surface area contributed by atoms with Crippen LogP contribution in [0.5, 0.6) is 23.1 Å². The third-order valence-electron chi connectivity index (χ3n) is 10.2. The van der Waals surface area contributed by atoms with Gasteiger partial charge >= 0.3 is 12.1 Å². The Balaban J connectivity index is 1.22. The molecule has 1 N–H and O–H groups in total. The van der Waals surface area contributed by atoms with Crippen molar-refractivity contribution in [3.05, 3.63) is 101 Å². The quantitative estimate of drug-likeness (QED) is 0.0948. The van der Waals surface area contributed by atoms with Gasteiger partial charge in [0.2, 0.25) is 12.0 Å². The Morgan fingerprint density at radius 1 is 0.983 bits per heavy atom. The molecule has 0 aliphatic carbocycles. The van der Waals surface area contributed by atoms with Crippen LogP contribution in [0.4, 0.5) is 13.2 Å². The highest BCUT2D eigenvalue weighted by Crippen LogP contribution is 2.49. The molecule has 1 fully saturated rings. The predicted octanol–water partition coefficient (Wildman–Crippen LogP) is 8.21. The molecule has 0 spiro atoms. The fraction of sp³-hybridized carbons (Fsp3) is 0.349. The van der Waals surface area contributed by atoms with Crippen molar-refractivity contribution < 1.29 is 42.0 Å². The molecule has 0 radical (unpaired) electrons. The number of esters is 1. The van der Waals surface area contributed by atoms with Crippen LogP contribution < -0.4 is 14.2 Å². The number of hydrogen-bond donors (Lipinski definition) is 1. The molecule has 1 aliphatic rings. The minimum atomic E-state index is -4.46. The molecule has 316 valence electrons. The molecule has 0 amide bonds. The number of phenolic OH excluding ortho intramolecular Hbond substituents is 1. The Morgan fingerprint density at radius 2 is 1.75 bits per heavy atom. The lowest BCUT2D eigenvalue weighted by Gasteiger charge is -2.32. The van der Waals surface area contributed by atoms with Gasteiger partial charge in [-0.3, -0.25) is 9.58 Å². The molecule has 1 saturated heterocycles. The first-order chi connectivity index (χ1) is 28.9. The lowest BCUT2D eigenvalue weighted by Crippen LogP contribution is -2.45. The first kappa shape index (κ1) is 42.7. The second-order valence-electron chi connectivity index (χ2n) is 14.3. The van der Waals surface area contributed by atoms with Crippen LogP contribution >= 0.6 is 22.9 Å². The Labute approximate surface area is 354 Å². The van der Waals surface area contributed by atoms with Crippen LogP contribution in [-0.4, -0.2) is 106 Å². The summed E-state index contributed by atoms with van der Waals surface area (Å²) < 4.78 is 64.6. The van der Waals surface area contributed by atoms with Gasteiger partial charge in [-0.2, -0.15) is 18.3 Å². The number of hydrogen-bond acceptors (Lipinski definition) is 12. The van der Waals surface area contributed by atoms with E-state index in [1.807, 2.05) is 19.1 Å². The van der Waals surface area contributed by atoms with Crippen molar-refractivity contribution in [2.75, 3.05) is 53.0 Å². The average molecular weight is 865 g/mol. The van der Waals surface area contributed by atoms with Gasteiger partial charge in [0.1, 0.15) is 48.2 Å². The summed E-state index contributed by atoms with van der Waals surface area (Å²) in [6.45, 7) is 7.43. The van der Waals surface area contributed by atoms with Crippen molar-refractivity contribution >= 4 is 39.1 Å². The number of carbonyl (C=O) groups is 1. The molecule has 3 aromatic heterocycles. The topological polar surface area (TPSA) is 124 Å². The molecular weight excluding hydrogens is 821 g/mol. The van der Waals surface area contributed by atoms with E-state index in [-0.39, 0.29) is 37.0 Å². The Kier molecular flexibility index (Phi) is 13.4. The van der Waals surface area contributed by atoms with Crippen molar-refractivity contribution in [1.82, 2.24) is 29.5 Å². The van der Waals surface area contributed by atoms with E-state index < -0.39 is 24.8 Å². The number of piperazine rings is 1. The number of thiophene rings is 1. The summed E-state index contributed by atoms with van der Waals surface area (Å²) in [6.07, 6.45) is -3.08. The van der Waals surface area contributed by atoms with Gasteiger partial charge in [-0.05, 0) is 85.6 Å². The summed E-state index contributed by atoms with van der Waals surface area (Å²) in [5.41, 5.74) is 3.78. The highest BCUT2D eigenvalue weighted by atomic mass is 35.5. The fourth-order valence-electron chi connectivity index (χ4n) is 6.97. The summed E-state index contributed by atoms with van der Waals surface area (Å²) in [6, 6.07) is 18.9. The van der Waals surface area contributed by atoms with Crippen LogP contribution in [0.3, 0.4) is 0 Å².